The lowest BCUT2D eigenvalue weighted by molar-refractivity contribution is 0.0648. The highest BCUT2D eigenvalue weighted by atomic mass is 32.2. The Morgan fingerprint density at radius 3 is 1.54 bits per heavy atom. The number of rotatable bonds is 10. The van der Waals surface area contributed by atoms with Gasteiger partial charge in [0.15, 0.2) is 0 Å². The fourth-order valence-corrected chi connectivity index (χ4v) is 5.35. The van der Waals surface area contributed by atoms with Crippen molar-refractivity contribution in [3.8, 4) is 11.5 Å². The van der Waals surface area contributed by atoms with Crippen molar-refractivity contribution in [3.63, 3.8) is 0 Å². The van der Waals surface area contributed by atoms with Crippen molar-refractivity contribution >= 4 is 47.4 Å². The van der Waals surface area contributed by atoms with E-state index in [0.29, 0.717) is 26.2 Å². The number of aromatic carboxylic acids is 4. The minimum atomic E-state index is -1.32. The maximum atomic E-state index is 11.7. The largest absolute Gasteiger partial charge is 0.478 e. The normalized spacial score (nSPS) is 10.6. The molecule has 4 aromatic rings. The van der Waals surface area contributed by atoms with Crippen LogP contribution in [0.3, 0.4) is 0 Å². The van der Waals surface area contributed by atoms with Gasteiger partial charge in [0.25, 0.3) is 0 Å². The van der Waals surface area contributed by atoms with Gasteiger partial charge in [-0.05, 0) is 78.9 Å². The van der Waals surface area contributed by atoms with Crippen molar-refractivity contribution < 1.29 is 44.3 Å². The zero-order valence-corrected chi connectivity index (χ0v) is 21.4. The summed E-state index contributed by atoms with van der Waals surface area (Å²) in [7, 11) is 0. The van der Waals surface area contributed by atoms with Crippen LogP contribution >= 0.6 is 23.5 Å². The van der Waals surface area contributed by atoms with Crippen LogP contribution in [-0.4, -0.2) is 44.3 Å². The quantitative estimate of drug-likeness (QED) is 0.165. The van der Waals surface area contributed by atoms with Crippen molar-refractivity contribution in [1.82, 2.24) is 0 Å². The lowest BCUT2D eigenvalue weighted by Crippen LogP contribution is -2.09. The minimum Gasteiger partial charge on any atom is -0.478 e. The summed E-state index contributed by atoms with van der Waals surface area (Å²) in [6.45, 7) is 0. The van der Waals surface area contributed by atoms with Crippen LogP contribution in [0.25, 0.3) is 0 Å². The first kappa shape index (κ1) is 27.3. The van der Waals surface area contributed by atoms with Crippen molar-refractivity contribution in [1.29, 1.82) is 0 Å². The number of carbonyl (C=O) groups is 4. The van der Waals surface area contributed by atoms with Gasteiger partial charge in [0.05, 0.1) is 22.3 Å². The molecule has 0 aliphatic heterocycles. The van der Waals surface area contributed by atoms with Crippen LogP contribution in [0.4, 0.5) is 0 Å². The van der Waals surface area contributed by atoms with Crippen LogP contribution in [-0.2, 0) is 0 Å². The Kier molecular flexibility index (Phi) is 8.23. The van der Waals surface area contributed by atoms with Crippen molar-refractivity contribution in [2.75, 3.05) is 0 Å². The second-order valence-electron chi connectivity index (χ2n) is 7.86. The van der Waals surface area contributed by atoms with E-state index in [9.17, 15) is 34.5 Å². The fraction of sp³-hybridized carbons (Fsp3) is 0. The Morgan fingerprint density at radius 1 is 0.513 bits per heavy atom. The molecule has 4 aromatic carbocycles. The Morgan fingerprint density at radius 2 is 1.03 bits per heavy atom. The standard InChI is InChI=1S/C28H18O9S2/c29-25(30)20-13-12-19(14-22(20)27(33)34)38-17-8-4-15(5-9-17)37-16-6-10-18(11-7-16)39-23-3-1-2-21(26(31)32)24(23)28(35)36/h1-14H,(H,29,30)(H,31,32)(H,33,34)(H,35,36). The van der Waals surface area contributed by atoms with Gasteiger partial charge in [-0.15, -0.1) is 0 Å². The molecule has 0 saturated heterocycles. The van der Waals surface area contributed by atoms with Gasteiger partial charge in [-0.3, -0.25) is 0 Å². The molecule has 196 valence electrons. The first-order valence-electron chi connectivity index (χ1n) is 11.1. The average molecular weight is 563 g/mol. The van der Waals surface area contributed by atoms with Gasteiger partial charge in [-0.25, -0.2) is 19.2 Å². The van der Waals surface area contributed by atoms with E-state index in [0.717, 1.165) is 16.7 Å². The van der Waals surface area contributed by atoms with E-state index in [1.54, 1.807) is 60.7 Å². The van der Waals surface area contributed by atoms with E-state index in [2.05, 4.69) is 0 Å². The van der Waals surface area contributed by atoms with Gasteiger partial charge in [-0.2, -0.15) is 0 Å². The second kappa shape index (κ2) is 11.8. The van der Waals surface area contributed by atoms with E-state index in [1.165, 1.54) is 36.0 Å². The zero-order valence-electron chi connectivity index (χ0n) is 19.7. The number of benzene rings is 4. The summed E-state index contributed by atoms with van der Waals surface area (Å²) < 4.78 is 5.86. The first-order valence-corrected chi connectivity index (χ1v) is 12.7. The van der Waals surface area contributed by atoms with E-state index in [4.69, 9.17) is 9.84 Å². The van der Waals surface area contributed by atoms with Crippen LogP contribution in [0.2, 0.25) is 0 Å². The lowest BCUT2D eigenvalue weighted by atomic mass is 10.1. The molecule has 0 unspecified atom stereocenters. The van der Waals surface area contributed by atoms with Gasteiger partial charge >= 0.3 is 23.9 Å². The van der Waals surface area contributed by atoms with Crippen molar-refractivity contribution in [2.24, 2.45) is 0 Å². The number of hydrogen-bond donors (Lipinski definition) is 4. The maximum absolute atomic E-state index is 11.7. The summed E-state index contributed by atoms with van der Waals surface area (Å²) >= 11 is 2.40. The predicted molar refractivity (Wildman–Crippen MR) is 142 cm³/mol. The van der Waals surface area contributed by atoms with Crippen LogP contribution in [0.5, 0.6) is 11.5 Å². The van der Waals surface area contributed by atoms with Crippen molar-refractivity contribution in [3.05, 3.63) is 107 Å². The van der Waals surface area contributed by atoms with Crippen LogP contribution in [0, 0.1) is 0 Å². The minimum absolute atomic E-state index is 0.273. The molecule has 0 saturated carbocycles. The third-order valence-corrected chi connectivity index (χ3v) is 7.33. The Labute approximate surface area is 229 Å². The van der Waals surface area contributed by atoms with Gasteiger partial charge in [0, 0.05) is 19.6 Å². The number of carboxylic acid groups (broad SMARTS) is 4. The molecule has 4 N–H and O–H groups in total. The lowest BCUT2D eigenvalue weighted by Gasteiger charge is -2.10. The van der Waals surface area contributed by atoms with E-state index in [-0.39, 0.29) is 22.3 Å². The van der Waals surface area contributed by atoms with Crippen LogP contribution < -0.4 is 4.74 Å². The molecular formula is C28H18O9S2. The summed E-state index contributed by atoms with van der Waals surface area (Å²) in [4.78, 5) is 48.0. The molecule has 0 spiro atoms. The van der Waals surface area contributed by atoms with Gasteiger partial charge in [0.2, 0.25) is 0 Å². The Hall–Kier alpha value is -4.74. The summed E-state index contributed by atoms with van der Waals surface area (Å²) in [5, 5.41) is 37.3. The highest BCUT2D eigenvalue weighted by Crippen LogP contribution is 2.35. The summed E-state index contributed by atoms with van der Waals surface area (Å²) in [6.07, 6.45) is 0. The highest BCUT2D eigenvalue weighted by molar-refractivity contribution is 7.99. The van der Waals surface area contributed by atoms with E-state index < -0.39 is 23.9 Å². The topological polar surface area (TPSA) is 158 Å². The predicted octanol–water partition coefficient (Wildman–Crippen LogP) is 6.57. The molecule has 0 fully saturated rings. The monoisotopic (exact) mass is 562 g/mol. The van der Waals surface area contributed by atoms with Crippen LogP contribution in [0.15, 0.2) is 105 Å². The Balaban J connectivity index is 1.43. The molecular weight excluding hydrogens is 544 g/mol. The highest BCUT2D eigenvalue weighted by Gasteiger charge is 2.20. The third kappa shape index (κ3) is 6.58. The van der Waals surface area contributed by atoms with E-state index in [1.807, 2.05) is 0 Å². The molecule has 0 aliphatic rings. The van der Waals surface area contributed by atoms with Gasteiger partial charge < -0.3 is 25.2 Å². The average Bonchev–Trinajstić information content (AvgIpc) is 2.90. The molecule has 0 aliphatic carbocycles. The summed E-state index contributed by atoms with van der Waals surface area (Å²) in [6, 6.07) is 22.3. The van der Waals surface area contributed by atoms with Crippen molar-refractivity contribution in [2.45, 2.75) is 19.6 Å². The third-order valence-electron chi connectivity index (χ3n) is 5.27. The molecule has 11 heteroatoms. The number of hydrogen-bond acceptors (Lipinski definition) is 7. The van der Waals surface area contributed by atoms with E-state index >= 15 is 0 Å². The SMILES string of the molecule is O=C(O)c1ccc(Sc2ccc(Oc3ccc(Sc4cccc(C(=O)O)c4C(=O)O)cc3)cc2)cc1C(=O)O. The zero-order chi connectivity index (χ0) is 28.1. The summed E-state index contributed by atoms with van der Waals surface area (Å²) in [5.41, 5.74) is -1.13. The number of carboxylic acids is 4. The molecule has 0 atom stereocenters. The molecule has 0 amide bonds. The maximum Gasteiger partial charge on any atom is 0.337 e. The molecule has 0 bridgehead atoms. The second-order valence-corrected chi connectivity index (χ2v) is 10.1. The molecule has 0 radical (unpaired) electrons. The molecule has 4 rings (SSSR count). The molecule has 9 nitrogen and oxygen atoms in total. The van der Waals surface area contributed by atoms with Crippen LogP contribution in [0.1, 0.15) is 41.4 Å². The number of ether oxygens (including phenoxy) is 1. The summed E-state index contributed by atoms with van der Waals surface area (Å²) in [5.74, 6) is -4.21. The molecule has 0 aromatic heterocycles. The molecule has 39 heavy (non-hydrogen) atoms. The van der Waals surface area contributed by atoms with Gasteiger partial charge in [-0.1, -0.05) is 29.6 Å². The first-order chi connectivity index (χ1) is 18.6. The Bertz CT molecular complexity index is 1580. The smallest absolute Gasteiger partial charge is 0.337 e. The molecule has 0 heterocycles. The fourth-order valence-electron chi connectivity index (χ4n) is 3.52. The van der Waals surface area contributed by atoms with Gasteiger partial charge in [0.1, 0.15) is 11.5 Å².